The number of halogens is 1. The number of anilines is 1. The van der Waals surface area contributed by atoms with Crippen LogP contribution < -0.4 is 5.32 Å². The van der Waals surface area contributed by atoms with E-state index in [4.69, 9.17) is 11.6 Å². The number of likely N-dealkylation sites (tertiary alicyclic amines) is 1. The van der Waals surface area contributed by atoms with E-state index in [-0.39, 0.29) is 5.91 Å². The molecule has 5 rings (SSSR count). The second kappa shape index (κ2) is 9.29. The van der Waals surface area contributed by atoms with Crippen molar-refractivity contribution in [3.05, 3.63) is 81.7 Å². The van der Waals surface area contributed by atoms with E-state index in [2.05, 4.69) is 20.3 Å². The van der Waals surface area contributed by atoms with E-state index < -0.39 is 5.60 Å². The molecule has 0 aliphatic carbocycles. The Hall–Kier alpha value is -3.07. The first-order chi connectivity index (χ1) is 16.4. The number of pyridine rings is 1. The average Bonchev–Trinajstić information content (AvgIpc) is 3.21. The van der Waals surface area contributed by atoms with Gasteiger partial charge in [-0.25, -0.2) is 9.97 Å². The Morgan fingerprint density at radius 3 is 2.62 bits per heavy atom. The molecule has 0 atom stereocenters. The number of fused-ring (bicyclic) bond motifs is 1. The van der Waals surface area contributed by atoms with Crippen LogP contribution in [0.25, 0.3) is 10.2 Å². The van der Waals surface area contributed by atoms with Crippen LogP contribution in [0.1, 0.15) is 39.3 Å². The zero-order valence-corrected chi connectivity index (χ0v) is 20.2. The van der Waals surface area contributed by atoms with Crippen molar-refractivity contribution in [2.24, 2.45) is 0 Å². The fraction of sp³-hybridized carbons (Fsp3) is 0.280. The number of nitrogens with one attached hydrogen (secondary N) is 1. The number of aryl methyl sites for hydroxylation is 1. The third-order valence-corrected chi connectivity index (χ3v) is 7.78. The molecule has 0 unspecified atom stereocenters. The molecule has 1 aliphatic rings. The number of hydrogen-bond acceptors (Lipinski definition) is 7. The molecule has 0 radical (unpaired) electrons. The summed E-state index contributed by atoms with van der Waals surface area (Å²) < 4.78 is 0. The molecule has 34 heavy (non-hydrogen) atoms. The first-order valence-corrected chi connectivity index (χ1v) is 12.3. The summed E-state index contributed by atoms with van der Waals surface area (Å²) in [4.78, 5) is 29.8. The maximum absolute atomic E-state index is 13.4. The summed E-state index contributed by atoms with van der Waals surface area (Å²) in [7, 11) is 0. The molecule has 0 bridgehead atoms. The van der Waals surface area contributed by atoms with Crippen LogP contribution >= 0.6 is 22.9 Å². The lowest BCUT2D eigenvalue weighted by atomic mass is 9.84. The van der Waals surface area contributed by atoms with Gasteiger partial charge in [-0.1, -0.05) is 29.8 Å². The van der Waals surface area contributed by atoms with Crippen LogP contribution in [0, 0.1) is 6.92 Å². The van der Waals surface area contributed by atoms with Gasteiger partial charge in [0.1, 0.15) is 17.0 Å². The molecule has 1 saturated heterocycles. The average molecular weight is 494 g/mol. The smallest absolute Gasteiger partial charge is 0.264 e. The minimum atomic E-state index is -0.954. The van der Waals surface area contributed by atoms with Crippen molar-refractivity contribution in [3.8, 4) is 0 Å². The Kier molecular flexibility index (Phi) is 6.20. The summed E-state index contributed by atoms with van der Waals surface area (Å²) >= 11 is 7.37. The molecular formula is C25H24ClN5O2S. The number of piperidine rings is 1. The molecule has 2 N–H and O–H groups in total. The van der Waals surface area contributed by atoms with Crippen LogP contribution in [-0.4, -0.2) is 44.0 Å². The Labute approximate surface area is 206 Å². The number of nitrogens with zero attached hydrogens (tertiary/aromatic N) is 4. The van der Waals surface area contributed by atoms with Gasteiger partial charge < -0.3 is 15.3 Å². The van der Waals surface area contributed by atoms with Crippen LogP contribution in [0.15, 0.2) is 55.0 Å². The summed E-state index contributed by atoms with van der Waals surface area (Å²) in [6.45, 7) is 3.42. The van der Waals surface area contributed by atoms with Gasteiger partial charge in [-0.3, -0.25) is 9.78 Å². The maximum atomic E-state index is 13.4. The van der Waals surface area contributed by atoms with Gasteiger partial charge in [-0.05, 0) is 55.2 Å². The predicted octanol–water partition coefficient (Wildman–Crippen LogP) is 4.78. The molecule has 1 aliphatic heterocycles. The fourth-order valence-electron chi connectivity index (χ4n) is 4.36. The van der Waals surface area contributed by atoms with Crippen LogP contribution in [0.4, 0.5) is 5.82 Å². The first-order valence-electron chi connectivity index (χ1n) is 11.1. The lowest BCUT2D eigenvalue weighted by Crippen LogP contribution is -2.45. The van der Waals surface area contributed by atoms with Crippen LogP contribution in [0.5, 0.6) is 0 Å². The summed E-state index contributed by atoms with van der Waals surface area (Å²) in [5.41, 5.74) is 1.65. The lowest BCUT2D eigenvalue weighted by molar-refractivity contribution is -0.0210. The molecular weight excluding hydrogens is 470 g/mol. The molecule has 0 spiro atoms. The Morgan fingerprint density at radius 1 is 1.15 bits per heavy atom. The summed E-state index contributed by atoms with van der Waals surface area (Å²) in [6.07, 6.45) is 4.22. The highest BCUT2D eigenvalue weighted by Gasteiger charge is 2.36. The third kappa shape index (κ3) is 4.36. The van der Waals surface area contributed by atoms with E-state index in [9.17, 15) is 9.90 Å². The highest BCUT2D eigenvalue weighted by Crippen LogP contribution is 2.37. The number of thiophene rings is 1. The van der Waals surface area contributed by atoms with Crippen molar-refractivity contribution in [1.82, 2.24) is 19.9 Å². The van der Waals surface area contributed by atoms with E-state index >= 15 is 0 Å². The zero-order valence-electron chi connectivity index (χ0n) is 18.7. The van der Waals surface area contributed by atoms with Gasteiger partial charge in [-0.2, -0.15) is 0 Å². The molecule has 1 fully saturated rings. The van der Waals surface area contributed by atoms with Crippen molar-refractivity contribution in [2.45, 2.75) is 31.9 Å². The monoisotopic (exact) mass is 493 g/mol. The van der Waals surface area contributed by atoms with E-state index in [1.165, 1.54) is 17.7 Å². The lowest BCUT2D eigenvalue weighted by Gasteiger charge is -2.38. The minimum Gasteiger partial charge on any atom is -0.385 e. The van der Waals surface area contributed by atoms with Gasteiger partial charge in [0, 0.05) is 24.3 Å². The van der Waals surface area contributed by atoms with Gasteiger partial charge in [0.2, 0.25) is 0 Å². The van der Waals surface area contributed by atoms with Gasteiger partial charge in [0.05, 0.1) is 28.1 Å². The first kappa shape index (κ1) is 22.7. The molecule has 174 valence electrons. The molecule has 7 nitrogen and oxygen atoms in total. The number of rotatable bonds is 5. The fourth-order valence-corrected chi connectivity index (χ4v) is 5.60. The van der Waals surface area contributed by atoms with Crippen LogP contribution in [-0.2, 0) is 12.1 Å². The van der Waals surface area contributed by atoms with E-state index in [1.54, 1.807) is 18.3 Å². The highest BCUT2D eigenvalue weighted by molar-refractivity contribution is 7.20. The summed E-state index contributed by atoms with van der Waals surface area (Å²) in [6, 6.07) is 13.1. The number of amides is 1. The second-order valence-electron chi connectivity index (χ2n) is 8.46. The van der Waals surface area contributed by atoms with E-state index in [1.807, 2.05) is 42.2 Å². The second-order valence-corrected chi connectivity index (χ2v) is 9.90. The van der Waals surface area contributed by atoms with Crippen molar-refractivity contribution < 1.29 is 9.90 Å². The zero-order chi connectivity index (χ0) is 23.7. The van der Waals surface area contributed by atoms with Gasteiger partial charge in [0.25, 0.3) is 5.91 Å². The molecule has 0 saturated carbocycles. The van der Waals surface area contributed by atoms with Crippen molar-refractivity contribution in [3.63, 3.8) is 0 Å². The van der Waals surface area contributed by atoms with Crippen LogP contribution in [0.3, 0.4) is 0 Å². The maximum Gasteiger partial charge on any atom is 0.264 e. The SMILES string of the molecule is Cc1c(C(=O)N2CCC(O)(c3ccc(Cl)cc3)CC2)sc2ncnc(NCc3ccccn3)c12. The minimum absolute atomic E-state index is 0.0330. The van der Waals surface area contributed by atoms with Gasteiger partial charge in [-0.15, -0.1) is 11.3 Å². The third-order valence-electron chi connectivity index (χ3n) is 6.34. The summed E-state index contributed by atoms with van der Waals surface area (Å²) in [5.74, 6) is 0.661. The van der Waals surface area contributed by atoms with Crippen molar-refractivity contribution in [1.29, 1.82) is 0 Å². The number of carbonyl (C=O) groups excluding carboxylic acids is 1. The molecule has 4 heterocycles. The summed E-state index contributed by atoms with van der Waals surface area (Å²) in [5, 5.41) is 16.0. The number of aliphatic hydroxyl groups is 1. The highest BCUT2D eigenvalue weighted by atomic mass is 35.5. The molecule has 3 aromatic heterocycles. The topological polar surface area (TPSA) is 91.2 Å². The Balaban J connectivity index is 1.34. The Bertz CT molecular complexity index is 1320. The van der Waals surface area contributed by atoms with E-state index in [0.29, 0.717) is 48.2 Å². The molecule has 9 heteroatoms. The normalized spacial score (nSPS) is 15.4. The number of benzene rings is 1. The number of carbonyl (C=O) groups is 1. The molecule has 1 aromatic carbocycles. The predicted molar refractivity (Wildman–Crippen MR) is 134 cm³/mol. The largest absolute Gasteiger partial charge is 0.385 e. The van der Waals surface area contributed by atoms with Crippen LogP contribution in [0.2, 0.25) is 5.02 Å². The van der Waals surface area contributed by atoms with Crippen molar-refractivity contribution in [2.75, 3.05) is 18.4 Å². The van der Waals surface area contributed by atoms with E-state index in [0.717, 1.165) is 27.0 Å². The van der Waals surface area contributed by atoms with Gasteiger partial charge >= 0.3 is 0 Å². The van der Waals surface area contributed by atoms with Gasteiger partial charge in [0.15, 0.2) is 0 Å². The molecule has 1 amide bonds. The van der Waals surface area contributed by atoms with Crippen molar-refractivity contribution >= 4 is 44.9 Å². The number of hydrogen-bond donors (Lipinski definition) is 2. The molecule has 4 aromatic rings. The Morgan fingerprint density at radius 2 is 1.91 bits per heavy atom. The number of aromatic nitrogens is 3. The standard InChI is InChI=1S/C25H24ClN5O2S/c1-16-20-22(28-14-19-4-2-3-11-27-19)29-15-30-23(20)34-21(16)24(32)31-12-9-25(33,10-13-31)17-5-7-18(26)8-6-17/h2-8,11,15,33H,9-10,12-14H2,1H3,(H,28,29,30). The quantitative estimate of drug-likeness (QED) is 0.415.